The van der Waals surface area contributed by atoms with Gasteiger partial charge in [-0.05, 0) is 43.0 Å². The van der Waals surface area contributed by atoms with Gasteiger partial charge in [-0.3, -0.25) is 19.1 Å². The number of carbonyl (C=O) groups excluding carboxylic acids is 3. The molecule has 3 N–H and O–H groups in total. The maximum absolute atomic E-state index is 14.3. The first-order valence-corrected chi connectivity index (χ1v) is 11.8. The fourth-order valence-electron chi connectivity index (χ4n) is 5.01. The molecule has 2 aliphatic rings. The van der Waals surface area contributed by atoms with Gasteiger partial charge in [-0.15, -0.1) is 0 Å². The summed E-state index contributed by atoms with van der Waals surface area (Å²) in [7, 11) is 0. The van der Waals surface area contributed by atoms with E-state index in [0.717, 1.165) is 16.0 Å². The minimum absolute atomic E-state index is 0.0176. The van der Waals surface area contributed by atoms with Gasteiger partial charge in [0.2, 0.25) is 11.8 Å². The number of hydrogen-bond acceptors (Lipinski definition) is 6. The summed E-state index contributed by atoms with van der Waals surface area (Å²) in [6.07, 6.45) is 1.99. The highest BCUT2D eigenvalue weighted by Gasteiger charge is 2.41. The monoisotopic (exact) mass is 497 g/mol. The SMILES string of the molecule is NC(=O)c1nn(CC(=O)N2CC(F)CC2C(=O)NC2CCCC2F)c2ccc(-c3ccnnc3)cc12. The molecule has 0 bridgehead atoms. The molecule has 5 rings (SSSR count). The third kappa shape index (κ3) is 4.50. The lowest BCUT2D eigenvalue weighted by Crippen LogP contribution is -2.50. The number of benzene rings is 1. The molecule has 2 aromatic heterocycles. The van der Waals surface area contributed by atoms with E-state index >= 15 is 0 Å². The van der Waals surface area contributed by atoms with Crippen LogP contribution in [0.15, 0.2) is 36.7 Å². The Hall–Kier alpha value is -3.96. The Morgan fingerprint density at radius 2 is 1.94 bits per heavy atom. The van der Waals surface area contributed by atoms with E-state index in [0.29, 0.717) is 30.2 Å². The van der Waals surface area contributed by atoms with Gasteiger partial charge in [-0.2, -0.15) is 15.3 Å². The zero-order valence-electron chi connectivity index (χ0n) is 19.3. The summed E-state index contributed by atoms with van der Waals surface area (Å²) in [5.41, 5.74) is 7.52. The second kappa shape index (κ2) is 9.59. The molecule has 0 spiro atoms. The third-order valence-corrected chi connectivity index (χ3v) is 6.82. The summed E-state index contributed by atoms with van der Waals surface area (Å²) >= 11 is 0. The predicted molar refractivity (Wildman–Crippen MR) is 125 cm³/mol. The number of primary amides is 1. The molecular weight excluding hydrogens is 472 g/mol. The van der Waals surface area contributed by atoms with E-state index in [4.69, 9.17) is 5.73 Å². The van der Waals surface area contributed by atoms with E-state index in [1.165, 1.54) is 10.9 Å². The molecule has 0 radical (unpaired) electrons. The maximum atomic E-state index is 14.3. The van der Waals surface area contributed by atoms with Crippen LogP contribution in [0.25, 0.3) is 22.0 Å². The molecule has 10 nitrogen and oxygen atoms in total. The summed E-state index contributed by atoms with van der Waals surface area (Å²) in [6.45, 7) is -0.576. The number of halogens is 2. The highest BCUT2D eigenvalue weighted by Crippen LogP contribution is 2.28. The molecule has 1 saturated heterocycles. The van der Waals surface area contributed by atoms with Crippen LogP contribution in [-0.2, 0) is 16.1 Å². The number of aromatic nitrogens is 4. The van der Waals surface area contributed by atoms with E-state index in [1.807, 2.05) is 0 Å². The number of nitrogens with two attached hydrogens (primary N) is 1. The van der Waals surface area contributed by atoms with Gasteiger partial charge in [-0.1, -0.05) is 6.07 Å². The van der Waals surface area contributed by atoms with Gasteiger partial charge < -0.3 is 16.0 Å². The van der Waals surface area contributed by atoms with E-state index in [2.05, 4.69) is 20.6 Å². The lowest BCUT2D eigenvalue weighted by atomic mass is 10.0. The van der Waals surface area contributed by atoms with Crippen LogP contribution in [-0.4, -0.2) is 73.6 Å². The topological polar surface area (TPSA) is 136 Å². The van der Waals surface area contributed by atoms with Crippen molar-refractivity contribution in [3.05, 3.63) is 42.4 Å². The van der Waals surface area contributed by atoms with Crippen LogP contribution in [0.2, 0.25) is 0 Å². The summed E-state index contributed by atoms with van der Waals surface area (Å²) in [5, 5.41) is 14.9. The highest BCUT2D eigenvalue weighted by atomic mass is 19.1. The third-order valence-electron chi connectivity index (χ3n) is 6.82. The second-order valence-electron chi connectivity index (χ2n) is 9.19. The van der Waals surface area contributed by atoms with Crippen LogP contribution >= 0.6 is 0 Å². The minimum atomic E-state index is -1.37. The molecule has 3 amide bonds. The molecule has 2 fully saturated rings. The van der Waals surface area contributed by atoms with Gasteiger partial charge >= 0.3 is 0 Å². The van der Waals surface area contributed by atoms with Gasteiger partial charge in [0, 0.05) is 17.4 Å². The van der Waals surface area contributed by atoms with Crippen LogP contribution < -0.4 is 11.1 Å². The Labute approximate surface area is 204 Å². The van der Waals surface area contributed by atoms with Gasteiger partial charge in [0.05, 0.1) is 30.5 Å². The number of nitrogens with one attached hydrogen (secondary N) is 1. The van der Waals surface area contributed by atoms with Crippen molar-refractivity contribution >= 4 is 28.6 Å². The van der Waals surface area contributed by atoms with Crippen LogP contribution in [0.4, 0.5) is 8.78 Å². The number of fused-ring (bicyclic) bond motifs is 1. The van der Waals surface area contributed by atoms with Crippen molar-refractivity contribution < 1.29 is 23.2 Å². The van der Waals surface area contributed by atoms with Crippen LogP contribution in [0.5, 0.6) is 0 Å². The lowest BCUT2D eigenvalue weighted by Gasteiger charge is -2.25. The number of amides is 3. The molecule has 4 atom stereocenters. The standard InChI is InChI=1S/C24H25F2N7O3/c25-15-9-20(24(36)30-18-3-1-2-17(18)26)32(11-15)21(34)12-33-19-5-4-13(14-6-7-28-29-10-14)8-16(19)22(31-33)23(27)35/h4-8,10,15,17-18,20H,1-3,9,11-12H2,(H2,27,35)(H,30,36). The molecule has 1 aromatic carbocycles. The molecule has 12 heteroatoms. The van der Waals surface area contributed by atoms with Crippen molar-refractivity contribution in [1.82, 2.24) is 30.2 Å². The van der Waals surface area contributed by atoms with Crippen molar-refractivity contribution in [3.63, 3.8) is 0 Å². The molecule has 3 aromatic rings. The second-order valence-corrected chi connectivity index (χ2v) is 9.19. The smallest absolute Gasteiger partial charge is 0.269 e. The Morgan fingerprint density at radius 3 is 2.64 bits per heavy atom. The summed E-state index contributed by atoms with van der Waals surface area (Å²) in [4.78, 5) is 39.3. The molecular formula is C24H25F2N7O3. The van der Waals surface area contributed by atoms with Crippen LogP contribution in [0.1, 0.15) is 36.2 Å². The average molecular weight is 498 g/mol. The molecule has 1 aliphatic heterocycles. The van der Waals surface area contributed by atoms with Gasteiger partial charge in [-0.25, -0.2) is 8.78 Å². The fraction of sp³-hybridized carbons (Fsp3) is 0.417. The first-order valence-electron chi connectivity index (χ1n) is 11.8. The molecule has 1 saturated carbocycles. The molecule has 3 heterocycles. The van der Waals surface area contributed by atoms with Crippen LogP contribution in [0.3, 0.4) is 0 Å². The largest absolute Gasteiger partial charge is 0.364 e. The Morgan fingerprint density at radius 1 is 1.11 bits per heavy atom. The molecule has 36 heavy (non-hydrogen) atoms. The van der Waals surface area contributed by atoms with Crippen molar-refractivity contribution in [2.24, 2.45) is 5.73 Å². The quantitative estimate of drug-likeness (QED) is 0.530. The Bertz CT molecular complexity index is 1320. The van der Waals surface area contributed by atoms with Crippen molar-refractivity contribution in [2.75, 3.05) is 6.54 Å². The average Bonchev–Trinajstić information content (AvgIpc) is 3.56. The zero-order valence-corrected chi connectivity index (χ0v) is 19.3. The van der Waals surface area contributed by atoms with Gasteiger partial charge in [0.1, 0.15) is 24.9 Å². The van der Waals surface area contributed by atoms with E-state index in [1.54, 1.807) is 30.5 Å². The number of rotatable bonds is 6. The number of alkyl halides is 2. The Kier molecular flexibility index (Phi) is 6.33. The number of likely N-dealkylation sites (tertiary alicyclic amines) is 1. The molecule has 188 valence electrons. The molecule has 1 aliphatic carbocycles. The van der Waals surface area contributed by atoms with Gasteiger partial charge in [0.15, 0.2) is 5.69 Å². The molecule has 4 unspecified atom stereocenters. The van der Waals surface area contributed by atoms with Gasteiger partial charge in [0.25, 0.3) is 5.91 Å². The number of carbonyl (C=O) groups is 3. The summed E-state index contributed by atoms with van der Waals surface area (Å²) in [5.74, 6) is -1.87. The van der Waals surface area contributed by atoms with Crippen molar-refractivity contribution in [3.8, 4) is 11.1 Å². The fourth-order valence-corrected chi connectivity index (χ4v) is 5.01. The normalized spacial score (nSPS) is 23.8. The number of hydrogen-bond donors (Lipinski definition) is 2. The van der Waals surface area contributed by atoms with Crippen LogP contribution in [0, 0.1) is 0 Å². The highest BCUT2D eigenvalue weighted by molar-refractivity contribution is 6.05. The zero-order chi connectivity index (χ0) is 25.4. The summed E-state index contributed by atoms with van der Waals surface area (Å²) < 4.78 is 29.6. The minimum Gasteiger partial charge on any atom is -0.364 e. The van der Waals surface area contributed by atoms with E-state index < -0.39 is 42.1 Å². The van der Waals surface area contributed by atoms with Crippen molar-refractivity contribution in [1.29, 1.82) is 0 Å². The summed E-state index contributed by atoms with van der Waals surface area (Å²) in [6, 6.07) is 5.31. The first kappa shape index (κ1) is 23.8. The van der Waals surface area contributed by atoms with E-state index in [-0.39, 0.29) is 25.2 Å². The lowest BCUT2D eigenvalue weighted by molar-refractivity contribution is -0.139. The predicted octanol–water partition coefficient (Wildman–Crippen LogP) is 1.54. The number of nitrogens with zero attached hydrogens (tertiary/aromatic N) is 5. The Balaban J connectivity index is 1.39. The maximum Gasteiger partial charge on any atom is 0.269 e. The first-order chi connectivity index (χ1) is 17.3. The van der Waals surface area contributed by atoms with Crippen molar-refractivity contribution in [2.45, 2.75) is 56.7 Å². The van der Waals surface area contributed by atoms with E-state index in [9.17, 15) is 23.2 Å².